The average molecular weight is 472 g/mol. The lowest BCUT2D eigenvalue weighted by atomic mass is 10.0. The van der Waals surface area contributed by atoms with E-state index in [-0.39, 0.29) is 5.91 Å². The van der Waals surface area contributed by atoms with E-state index < -0.39 is 0 Å². The van der Waals surface area contributed by atoms with Crippen LogP contribution in [0, 0.1) is 0 Å². The third-order valence-electron chi connectivity index (χ3n) is 5.16. The summed E-state index contributed by atoms with van der Waals surface area (Å²) in [6.45, 7) is 0. The first kappa shape index (κ1) is 21.2. The standard InChI is InChI=1S/C26H18ClN3O2S/c1-32-20-6-2-4-17(14-20)18-8-9-21(27)23(15-18)29-26-30-25(31)24(33-26)13-16-7-10-22-19(12-16)5-3-11-28-22/h2-15H,1H3,(H,29,30,31)/b24-13+. The zero-order valence-electron chi connectivity index (χ0n) is 17.6. The molecule has 1 N–H and O–H groups in total. The fraction of sp³-hybridized carbons (Fsp3) is 0.0385. The first-order valence-corrected chi connectivity index (χ1v) is 11.4. The van der Waals surface area contributed by atoms with Crippen molar-refractivity contribution in [2.45, 2.75) is 0 Å². The van der Waals surface area contributed by atoms with Crippen LogP contribution in [0.5, 0.6) is 5.75 Å². The third kappa shape index (κ3) is 4.62. The number of carbonyl (C=O) groups excluding carboxylic acids is 1. The monoisotopic (exact) mass is 471 g/mol. The van der Waals surface area contributed by atoms with Crippen LogP contribution in [-0.4, -0.2) is 23.2 Å². The Morgan fingerprint density at radius 1 is 1.00 bits per heavy atom. The van der Waals surface area contributed by atoms with Gasteiger partial charge in [-0.2, -0.15) is 4.99 Å². The van der Waals surface area contributed by atoms with Gasteiger partial charge in [0.25, 0.3) is 5.91 Å². The van der Waals surface area contributed by atoms with Gasteiger partial charge in [-0.05, 0) is 77.0 Å². The number of amidine groups is 1. The van der Waals surface area contributed by atoms with Crippen LogP contribution in [-0.2, 0) is 4.79 Å². The fourth-order valence-corrected chi connectivity index (χ4v) is 4.51. The Kier molecular flexibility index (Phi) is 5.86. The number of thioether (sulfide) groups is 1. The molecule has 0 atom stereocenters. The minimum absolute atomic E-state index is 0.283. The Morgan fingerprint density at radius 3 is 2.76 bits per heavy atom. The highest BCUT2D eigenvalue weighted by atomic mass is 35.5. The van der Waals surface area contributed by atoms with E-state index in [1.807, 2.05) is 78.9 Å². The predicted molar refractivity (Wildman–Crippen MR) is 137 cm³/mol. The summed E-state index contributed by atoms with van der Waals surface area (Å²) in [5.41, 5.74) is 4.47. The molecule has 7 heteroatoms. The number of fused-ring (bicyclic) bond motifs is 1. The molecular formula is C26H18ClN3O2S. The average Bonchev–Trinajstić information content (AvgIpc) is 3.18. The van der Waals surface area contributed by atoms with Crippen molar-refractivity contribution in [3.05, 3.63) is 94.5 Å². The van der Waals surface area contributed by atoms with Crippen LogP contribution in [0.3, 0.4) is 0 Å². The third-order valence-corrected chi connectivity index (χ3v) is 6.39. The highest BCUT2D eigenvalue weighted by Gasteiger charge is 2.22. The van der Waals surface area contributed by atoms with Crippen LogP contribution in [0.1, 0.15) is 5.56 Å². The molecule has 0 bridgehead atoms. The number of hydrogen-bond donors (Lipinski definition) is 1. The number of rotatable bonds is 4. The Bertz CT molecular complexity index is 1450. The highest BCUT2D eigenvalue weighted by Crippen LogP contribution is 2.34. The molecule has 162 valence electrons. The van der Waals surface area contributed by atoms with E-state index in [4.69, 9.17) is 16.3 Å². The first-order valence-electron chi connectivity index (χ1n) is 10.2. The Hall–Kier alpha value is -3.61. The smallest absolute Gasteiger partial charge is 0.286 e. The fourth-order valence-electron chi connectivity index (χ4n) is 3.52. The number of nitrogens with zero attached hydrogens (tertiary/aromatic N) is 2. The van der Waals surface area contributed by atoms with Crippen molar-refractivity contribution in [1.82, 2.24) is 4.98 Å². The van der Waals surface area contributed by atoms with Crippen molar-refractivity contribution in [2.24, 2.45) is 4.99 Å². The molecule has 5 nitrogen and oxygen atoms in total. The van der Waals surface area contributed by atoms with E-state index >= 15 is 0 Å². The molecule has 4 aromatic rings. The minimum atomic E-state index is -0.283. The predicted octanol–water partition coefficient (Wildman–Crippen LogP) is 6.65. The van der Waals surface area contributed by atoms with Crippen molar-refractivity contribution in [3.8, 4) is 16.9 Å². The quantitative estimate of drug-likeness (QED) is 0.338. The van der Waals surface area contributed by atoms with Gasteiger partial charge in [-0.15, -0.1) is 0 Å². The van der Waals surface area contributed by atoms with Crippen LogP contribution in [0.4, 0.5) is 5.69 Å². The van der Waals surface area contributed by atoms with E-state index in [2.05, 4.69) is 15.3 Å². The Morgan fingerprint density at radius 2 is 1.88 bits per heavy atom. The van der Waals surface area contributed by atoms with Crippen molar-refractivity contribution in [2.75, 3.05) is 12.4 Å². The molecule has 0 unspecified atom stereocenters. The summed E-state index contributed by atoms with van der Waals surface area (Å²) in [5, 5.41) is 5.24. The van der Waals surface area contributed by atoms with Crippen LogP contribution in [0.15, 0.2) is 88.9 Å². The molecule has 0 spiro atoms. The number of pyridine rings is 1. The summed E-state index contributed by atoms with van der Waals surface area (Å²) in [6.07, 6.45) is 3.60. The van der Waals surface area contributed by atoms with E-state index in [0.29, 0.717) is 20.8 Å². The molecule has 1 aromatic heterocycles. The van der Waals surface area contributed by atoms with Gasteiger partial charge in [0.1, 0.15) is 5.75 Å². The van der Waals surface area contributed by atoms with Crippen LogP contribution < -0.4 is 10.1 Å². The number of aliphatic imine (C=N–C) groups is 1. The van der Waals surface area contributed by atoms with Gasteiger partial charge in [0.2, 0.25) is 0 Å². The van der Waals surface area contributed by atoms with Crippen LogP contribution >= 0.6 is 23.4 Å². The minimum Gasteiger partial charge on any atom is -0.497 e. The number of halogens is 1. The van der Waals surface area contributed by atoms with Gasteiger partial charge in [-0.1, -0.05) is 41.9 Å². The summed E-state index contributed by atoms with van der Waals surface area (Å²) in [6, 6.07) is 23.3. The van der Waals surface area contributed by atoms with Gasteiger partial charge in [-0.25, -0.2) is 0 Å². The number of nitrogens with one attached hydrogen (secondary N) is 1. The number of methoxy groups -OCH3 is 1. The summed E-state index contributed by atoms with van der Waals surface area (Å²) < 4.78 is 5.32. The zero-order chi connectivity index (χ0) is 22.8. The lowest BCUT2D eigenvalue weighted by molar-refractivity contribution is -0.113. The molecule has 3 aromatic carbocycles. The van der Waals surface area contributed by atoms with Crippen molar-refractivity contribution in [1.29, 1.82) is 0 Å². The molecule has 2 heterocycles. The molecule has 1 amide bonds. The van der Waals surface area contributed by atoms with Crippen molar-refractivity contribution in [3.63, 3.8) is 0 Å². The molecule has 0 saturated carbocycles. The van der Waals surface area contributed by atoms with E-state index in [9.17, 15) is 4.79 Å². The maximum Gasteiger partial charge on any atom is 0.286 e. The molecule has 33 heavy (non-hydrogen) atoms. The summed E-state index contributed by atoms with van der Waals surface area (Å²) >= 11 is 7.71. The number of aromatic nitrogens is 1. The van der Waals surface area contributed by atoms with Crippen LogP contribution in [0.25, 0.3) is 28.1 Å². The highest BCUT2D eigenvalue weighted by molar-refractivity contribution is 8.18. The number of carbonyl (C=O) groups is 1. The molecule has 1 aliphatic heterocycles. The van der Waals surface area contributed by atoms with E-state index in [1.165, 1.54) is 11.8 Å². The molecule has 1 aliphatic rings. The summed E-state index contributed by atoms with van der Waals surface area (Å²) in [5.74, 6) is 0.492. The van der Waals surface area contributed by atoms with Crippen molar-refractivity contribution >= 4 is 57.1 Å². The van der Waals surface area contributed by atoms with E-state index in [1.54, 1.807) is 13.3 Å². The number of benzene rings is 3. The number of ether oxygens (including phenoxy) is 1. The van der Waals surface area contributed by atoms with Gasteiger partial charge < -0.3 is 10.1 Å². The van der Waals surface area contributed by atoms with Crippen LogP contribution in [0.2, 0.25) is 5.02 Å². The molecule has 5 rings (SSSR count). The van der Waals surface area contributed by atoms with Gasteiger partial charge in [0, 0.05) is 11.6 Å². The zero-order valence-corrected chi connectivity index (χ0v) is 19.2. The van der Waals surface area contributed by atoms with Gasteiger partial charge in [0.15, 0.2) is 5.17 Å². The number of amides is 1. The molecule has 0 radical (unpaired) electrons. The lowest BCUT2D eigenvalue weighted by Gasteiger charge is -2.10. The summed E-state index contributed by atoms with van der Waals surface area (Å²) in [7, 11) is 1.64. The maximum absolute atomic E-state index is 12.5. The topological polar surface area (TPSA) is 63.6 Å². The number of anilines is 1. The van der Waals surface area contributed by atoms with Crippen molar-refractivity contribution < 1.29 is 9.53 Å². The Labute approximate surface area is 200 Å². The molecule has 0 fully saturated rings. The SMILES string of the molecule is COc1cccc(-c2ccc(Cl)c(NC3=NC(=O)/C(=C\c4ccc5ncccc5c4)S3)c2)c1. The van der Waals surface area contributed by atoms with Gasteiger partial charge in [-0.3, -0.25) is 9.78 Å². The normalized spacial score (nSPS) is 14.5. The lowest BCUT2D eigenvalue weighted by Crippen LogP contribution is -2.05. The first-order chi connectivity index (χ1) is 16.1. The Balaban J connectivity index is 1.37. The second-order valence-electron chi connectivity index (χ2n) is 7.34. The van der Waals surface area contributed by atoms with E-state index in [0.717, 1.165) is 33.3 Å². The molecule has 0 saturated heterocycles. The second-order valence-corrected chi connectivity index (χ2v) is 8.78. The maximum atomic E-state index is 12.5. The van der Waals surface area contributed by atoms with Gasteiger partial charge in [0.05, 0.1) is 28.2 Å². The largest absolute Gasteiger partial charge is 0.497 e. The molecular weight excluding hydrogens is 454 g/mol. The molecule has 0 aliphatic carbocycles. The summed E-state index contributed by atoms with van der Waals surface area (Å²) in [4.78, 5) is 21.5. The van der Waals surface area contributed by atoms with Gasteiger partial charge >= 0.3 is 0 Å². The second kappa shape index (κ2) is 9.10. The number of hydrogen-bond acceptors (Lipinski definition) is 5.